The van der Waals surface area contributed by atoms with Crippen molar-refractivity contribution in [3.8, 4) is 5.75 Å². The Balaban J connectivity index is 1.73. The van der Waals surface area contributed by atoms with Gasteiger partial charge in [-0.1, -0.05) is 48.5 Å². The number of cyclic esters (lactones) is 1. The Morgan fingerprint density at radius 3 is 2.52 bits per heavy atom. The van der Waals surface area contributed by atoms with E-state index in [0.29, 0.717) is 17.9 Å². The molecule has 0 aliphatic carbocycles. The van der Waals surface area contributed by atoms with Gasteiger partial charge in [0.2, 0.25) is 0 Å². The molecule has 5 nitrogen and oxygen atoms in total. The fourth-order valence-electron chi connectivity index (χ4n) is 2.66. The molecule has 1 heterocycles. The number of carbonyl (C=O) groups is 3. The lowest BCUT2D eigenvalue weighted by atomic mass is 9.96. The van der Waals surface area contributed by atoms with Gasteiger partial charge in [-0.05, 0) is 30.7 Å². The van der Waals surface area contributed by atoms with Gasteiger partial charge in [0, 0.05) is 11.6 Å². The van der Waals surface area contributed by atoms with E-state index >= 15 is 0 Å². The van der Waals surface area contributed by atoms with E-state index in [9.17, 15) is 14.4 Å². The molecule has 1 aliphatic rings. The highest BCUT2D eigenvalue weighted by atomic mass is 16.5. The van der Waals surface area contributed by atoms with Crippen molar-refractivity contribution in [3.05, 3.63) is 83.6 Å². The van der Waals surface area contributed by atoms with Crippen LogP contribution in [0.25, 0.3) is 6.08 Å². The van der Waals surface area contributed by atoms with Crippen LogP contribution in [0.3, 0.4) is 0 Å². The van der Waals surface area contributed by atoms with Gasteiger partial charge in [-0.3, -0.25) is 14.4 Å². The van der Waals surface area contributed by atoms with Gasteiger partial charge < -0.3 is 9.47 Å². The summed E-state index contributed by atoms with van der Waals surface area (Å²) in [5.41, 5.74) is 1.69. The molecule has 2 aromatic carbocycles. The molecule has 1 aliphatic heterocycles. The van der Waals surface area contributed by atoms with Crippen molar-refractivity contribution in [2.24, 2.45) is 5.92 Å². The molecule has 0 fully saturated rings. The Morgan fingerprint density at radius 2 is 1.78 bits per heavy atom. The predicted octanol–water partition coefficient (Wildman–Crippen LogP) is 3.49. The molecule has 136 valence electrons. The molecule has 1 unspecified atom stereocenters. The van der Waals surface area contributed by atoms with Crippen molar-refractivity contribution in [2.75, 3.05) is 0 Å². The summed E-state index contributed by atoms with van der Waals surface area (Å²) in [5.74, 6) is -2.68. The standard InChI is InChI=1S/C22H18O5/c1-15-13-19(24)21(22(25)27-15)18(23)12-11-17-9-5-6-10-20(17)26-14-16-7-3-2-4-8-16/h2-13,21H,14H2,1H3. The smallest absolute Gasteiger partial charge is 0.329 e. The maximum Gasteiger partial charge on any atom is 0.329 e. The summed E-state index contributed by atoms with van der Waals surface area (Å²) in [6.45, 7) is 1.88. The summed E-state index contributed by atoms with van der Waals surface area (Å²) in [6, 6.07) is 16.9. The van der Waals surface area contributed by atoms with Gasteiger partial charge in [-0.2, -0.15) is 0 Å². The Kier molecular flexibility index (Phi) is 5.61. The number of para-hydroxylation sites is 1. The molecule has 0 saturated heterocycles. The number of ether oxygens (including phenoxy) is 2. The van der Waals surface area contributed by atoms with Crippen LogP contribution in [0.2, 0.25) is 0 Å². The number of carbonyl (C=O) groups excluding carboxylic acids is 3. The van der Waals surface area contributed by atoms with Crippen molar-refractivity contribution < 1.29 is 23.9 Å². The maximum atomic E-state index is 12.3. The van der Waals surface area contributed by atoms with E-state index in [1.54, 1.807) is 12.1 Å². The van der Waals surface area contributed by atoms with E-state index in [0.717, 1.165) is 11.6 Å². The third kappa shape index (κ3) is 4.58. The summed E-state index contributed by atoms with van der Waals surface area (Å²) in [7, 11) is 0. The van der Waals surface area contributed by atoms with Gasteiger partial charge >= 0.3 is 5.97 Å². The van der Waals surface area contributed by atoms with Crippen molar-refractivity contribution in [3.63, 3.8) is 0 Å². The van der Waals surface area contributed by atoms with Crippen LogP contribution < -0.4 is 4.74 Å². The Bertz CT molecular complexity index is 925. The van der Waals surface area contributed by atoms with Gasteiger partial charge in [0.15, 0.2) is 17.5 Å². The quantitative estimate of drug-likeness (QED) is 0.447. The van der Waals surface area contributed by atoms with Crippen LogP contribution in [0.1, 0.15) is 18.1 Å². The minimum atomic E-state index is -1.44. The fraction of sp³-hybridized carbons (Fsp3) is 0.136. The Hall–Kier alpha value is -3.47. The SMILES string of the molecule is CC1=CC(=O)C(C(=O)C=Cc2ccccc2OCc2ccccc2)C(=O)O1. The third-order valence-corrected chi connectivity index (χ3v) is 4.00. The van der Waals surface area contributed by atoms with Crippen LogP contribution in [-0.2, 0) is 25.7 Å². The molecule has 0 spiro atoms. The third-order valence-electron chi connectivity index (χ3n) is 4.00. The van der Waals surface area contributed by atoms with E-state index < -0.39 is 23.5 Å². The minimum absolute atomic E-state index is 0.192. The molecule has 0 saturated carbocycles. The average molecular weight is 362 g/mol. The molecule has 0 amide bonds. The highest BCUT2D eigenvalue weighted by molar-refractivity contribution is 6.25. The number of hydrogen-bond donors (Lipinski definition) is 0. The normalized spacial score (nSPS) is 16.8. The predicted molar refractivity (Wildman–Crippen MR) is 99.6 cm³/mol. The van der Waals surface area contributed by atoms with Crippen molar-refractivity contribution in [1.82, 2.24) is 0 Å². The highest BCUT2D eigenvalue weighted by Crippen LogP contribution is 2.22. The van der Waals surface area contributed by atoms with Crippen molar-refractivity contribution in [1.29, 1.82) is 0 Å². The first kappa shape index (κ1) is 18.3. The van der Waals surface area contributed by atoms with E-state index in [1.807, 2.05) is 42.5 Å². The van der Waals surface area contributed by atoms with Gasteiger partial charge in [-0.25, -0.2) is 0 Å². The molecule has 0 bridgehead atoms. The van der Waals surface area contributed by atoms with Gasteiger partial charge in [-0.15, -0.1) is 0 Å². The number of benzene rings is 2. The average Bonchev–Trinajstić information content (AvgIpc) is 2.65. The maximum absolute atomic E-state index is 12.3. The lowest BCUT2D eigenvalue weighted by Crippen LogP contribution is -2.34. The highest BCUT2D eigenvalue weighted by Gasteiger charge is 2.36. The van der Waals surface area contributed by atoms with Crippen molar-refractivity contribution in [2.45, 2.75) is 13.5 Å². The summed E-state index contributed by atoms with van der Waals surface area (Å²) in [6.07, 6.45) is 3.91. The molecule has 0 N–H and O–H groups in total. The zero-order valence-electron chi connectivity index (χ0n) is 14.8. The molecule has 2 aromatic rings. The molecule has 0 aromatic heterocycles. The molecule has 0 radical (unpaired) electrons. The fourth-order valence-corrected chi connectivity index (χ4v) is 2.66. The second kappa shape index (κ2) is 8.27. The zero-order chi connectivity index (χ0) is 19.2. The van der Waals surface area contributed by atoms with E-state index in [-0.39, 0.29) is 5.76 Å². The lowest BCUT2D eigenvalue weighted by molar-refractivity contribution is -0.151. The minimum Gasteiger partial charge on any atom is -0.488 e. The van der Waals surface area contributed by atoms with Crippen LogP contribution in [0.15, 0.2) is 72.5 Å². The van der Waals surface area contributed by atoms with Crippen LogP contribution in [-0.4, -0.2) is 17.5 Å². The summed E-state index contributed by atoms with van der Waals surface area (Å²) >= 11 is 0. The number of ketones is 2. The summed E-state index contributed by atoms with van der Waals surface area (Å²) in [4.78, 5) is 36.1. The molecular formula is C22H18O5. The molecular weight excluding hydrogens is 344 g/mol. The first-order chi connectivity index (χ1) is 13.0. The van der Waals surface area contributed by atoms with Crippen LogP contribution >= 0.6 is 0 Å². The molecule has 3 rings (SSSR count). The van der Waals surface area contributed by atoms with Gasteiger partial charge in [0.05, 0.1) is 0 Å². The molecule has 1 atom stereocenters. The zero-order valence-corrected chi connectivity index (χ0v) is 14.8. The number of esters is 1. The summed E-state index contributed by atoms with van der Waals surface area (Å²) < 4.78 is 10.7. The first-order valence-corrected chi connectivity index (χ1v) is 8.46. The number of allylic oxidation sites excluding steroid dienone is 3. The summed E-state index contributed by atoms with van der Waals surface area (Å²) in [5, 5.41) is 0. The van der Waals surface area contributed by atoms with E-state index in [4.69, 9.17) is 9.47 Å². The van der Waals surface area contributed by atoms with Crippen LogP contribution in [0.4, 0.5) is 0 Å². The molecule has 5 heteroatoms. The lowest BCUT2D eigenvalue weighted by Gasteiger charge is -2.15. The van der Waals surface area contributed by atoms with Crippen LogP contribution in [0.5, 0.6) is 5.75 Å². The molecule has 27 heavy (non-hydrogen) atoms. The second-order valence-corrected chi connectivity index (χ2v) is 6.06. The monoisotopic (exact) mass is 362 g/mol. The van der Waals surface area contributed by atoms with Gasteiger partial charge in [0.25, 0.3) is 0 Å². The number of rotatable bonds is 6. The topological polar surface area (TPSA) is 69.7 Å². The van der Waals surface area contributed by atoms with E-state index in [1.165, 1.54) is 19.1 Å². The van der Waals surface area contributed by atoms with E-state index in [2.05, 4.69) is 0 Å². The van der Waals surface area contributed by atoms with Gasteiger partial charge in [0.1, 0.15) is 18.1 Å². The number of hydrogen-bond acceptors (Lipinski definition) is 5. The Morgan fingerprint density at radius 1 is 1.07 bits per heavy atom. The van der Waals surface area contributed by atoms with Crippen LogP contribution in [0, 0.1) is 5.92 Å². The Labute approximate surface area is 156 Å². The van der Waals surface area contributed by atoms with Crippen molar-refractivity contribution >= 4 is 23.6 Å². The largest absolute Gasteiger partial charge is 0.488 e. The second-order valence-electron chi connectivity index (χ2n) is 6.06. The first-order valence-electron chi connectivity index (χ1n) is 8.46.